The molecule has 0 radical (unpaired) electrons. The maximum Gasteiger partial charge on any atom is 0.264 e. The number of fused-ring (bicyclic) bond motifs is 1. The number of anilines is 1. The summed E-state index contributed by atoms with van der Waals surface area (Å²) < 4.78 is 53.7. The first kappa shape index (κ1) is 33.3. The highest BCUT2D eigenvalue weighted by atomic mass is 35.5. The molecular formula is C34H32Cl2N2O4S3. The second kappa shape index (κ2) is 13.0. The maximum absolute atomic E-state index is 14.0. The van der Waals surface area contributed by atoms with Crippen LogP contribution in [-0.4, -0.2) is 40.9 Å². The van der Waals surface area contributed by atoms with Gasteiger partial charge >= 0.3 is 0 Å². The number of nitrogens with zero attached hydrogens (tertiary/aromatic N) is 2. The van der Waals surface area contributed by atoms with Crippen molar-refractivity contribution in [2.75, 3.05) is 23.4 Å². The summed E-state index contributed by atoms with van der Waals surface area (Å²) in [5.41, 5.74) is 4.50. The molecule has 234 valence electrons. The standard InChI is InChI=1S/C34H32Cl2N2O4S3/c1-34(2,44(4,39)40)26-20-25-9-6-17-37-33(25)30(21-26)24-8-5-7-23(19-24)16-18-38(27-10-12-28(43-3)13-11-27)45(41,42)29-14-15-31(35)32(36)22-29/h5-15,17,19-22H,16,18H2,1-4H3. The number of thioether (sulfide) groups is 1. The molecule has 0 aliphatic carbocycles. The number of rotatable bonds is 10. The van der Waals surface area contributed by atoms with Gasteiger partial charge in [0.25, 0.3) is 10.0 Å². The van der Waals surface area contributed by atoms with Gasteiger partial charge in [-0.15, -0.1) is 11.8 Å². The van der Waals surface area contributed by atoms with E-state index in [0.717, 1.165) is 32.5 Å². The van der Waals surface area contributed by atoms with Gasteiger partial charge in [0.1, 0.15) is 0 Å². The van der Waals surface area contributed by atoms with Crippen molar-refractivity contribution in [3.63, 3.8) is 0 Å². The molecule has 4 aromatic carbocycles. The molecule has 0 saturated heterocycles. The Morgan fingerprint density at radius 3 is 2.24 bits per heavy atom. The van der Waals surface area contributed by atoms with Crippen LogP contribution >= 0.6 is 35.0 Å². The Kier molecular flexibility index (Phi) is 9.59. The summed E-state index contributed by atoms with van der Waals surface area (Å²) >= 11 is 13.9. The van der Waals surface area contributed by atoms with Crippen molar-refractivity contribution in [1.82, 2.24) is 4.98 Å². The Balaban J connectivity index is 1.54. The van der Waals surface area contributed by atoms with E-state index in [1.165, 1.54) is 28.8 Å². The fraction of sp³-hybridized carbons (Fsp3) is 0.206. The molecule has 1 heterocycles. The minimum absolute atomic E-state index is 0.0439. The van der Waals surface area contributed by atoms with Crippen LogP contribution in [-0.2, 0) is 31.0 Å². The summed E-state index contributed by atoms with van der Waals surface area (Å²) in [6.45, 7) is 3.56. The zero-order chi connectivity index (χ0) is 32.6. The lowest BCUT2D eigenvalue weighted by atomic mass is 9.92. The van der Waals surface area contributed by atoms with Gasteiger partial charge in [0, 0.05) is 34.8 Å². The fourth-order valence-electron chi connectivity index (χ4n) is 5.00. The van der Waals surface area contributed by atoms with Gasteiger partial charge in [-0.25, -0.2) is 16.8 Å². The van der Waals surface area contributed by atoms with Crippen molar-refractivity contribution in [3.05, 3.63) is 118 Å². The van der Waals surface area contributed by atoms with E-state index in [0.29, 0.717) is 17.7 Å². The van der Waals surface area contributed by atoms with Crippen LogP contribution in [0, 0.1) is 0 Å². The minimum Gasteiger partial charge on any atom is -0.266 e. The first-order valence-electron chi connectivity index (χ1n) is 14.0. The van der Waals surface area contributed by atoms with Crippen molar-refractivity contribution in [1.29, 1.82) is 0 Å². The summed E-state index contributed by atoms with van der Waals surface area (Å²) in [6.07, 6.45) is 5.32. The van der Waals surface area contributed by atoms with E-state index < -0.39 is 24.6 Å². The SMILES string of the molecule is CSc1ccc(N(CCc2cccc(-c3cc(C(C)(C)S(C)(=O)=O)cc4cccnc34)c2)S(=O)(=O)c2ccc(Cl)c(Cl)c2)cc1. The number of pyridine rings is 1. The number of halogens is 2. The first-order valence-corrected chi connectivity index (χ1v) is 19.3. The third-order valence-corrected chi connectivity index (χ3v) is 13.4. The Morgan fingerprint density at radius 1 is 0.844 bits per heavy atom. The fourth-order valence-corrected chi connectivity index (χ4v) is 7.81. The molecule has 0 fully saturated rings. The molecular weight excluding hydrogens is 667 g/mol. The van der Waals surface area contributed by atoms with E-state index >= 15 is 0 Å². The molecule has 11 heteroatoms. The van der Waals surface area contributed by atoms with Gasteiger partial charge < -0.3 is 0 Å². The third kappa shape index (κ3) is 6.88. The average Bonchev–Trinajstić information content (AvgIpc) is 3.01. The number of hydrogen-bond donors (Lipinski definition) is 0. The van der Waals surface area contributed by atoms with Gasteiger partial charge in [-0.2, -0.15) is 0 Å². The lowest BCUT2D eigenvalue weighted by molar-refractivity contribution is 0.561. The van der Waals surface area contributed by atoms with Crippen LogP contribution in [0.5, 0.6) is 0 Å². The van der Waals surface area contributed by atoms with Crippen molar-refractivity contribution in [3.8, 4) is 11.1 Å². The molecule has 0 spiro atoms. The molecule has 0 bridgehead atoms. The van der Waals surface area contributed by atoms with E-state index in [4.69, 9.17) is 23.2 Å². The predicted octanol–water partition coefficient (Wildman–Crippen LogP) is 8.65. The number of sulfonamides is 1. The summed E-state index contributed by atoms with van der Waals surface area (Å²) in [5.74, 6) is 0. The molecule has 0 amide bonds. The molecule has 0 N–H and O–H groups in total. The molecule has 6 nitrogen and oxygen atoms in total. The number of benzene rings is 4. The predicted molar refractivity (Wildman–Crippen MR) is 188 cm³/mol. The quantitative estimate of drug-likeness (QED) is 0.136. The molecule has 0 atom stereocenters. The zero-order valence-corrected chi connectivity index (χ0v) is 29.1. The maximum atomic E-state index is 14.0. The van der Waals surface area contributed by atoms with Gasteiger partial charge in [-0.05, 0) is 104 Å². The largest absolute Gasteiger partial charge is 0.266 e. The molecule has 5 rings (SSSR count). The van der Waals surface area contributed by atoms with E-state index in [9.17, 15) is 16.8 Å². The first-order chi connectivity index (χ1) is 21.2. The minimum atomic E-state index is -3.99. The van der Waals surface area contributed by atoms with Gasteiger partial charge in [-0.1, -0.05) is 53.5 Å². The molecule has 0 unspecified atom stereocenters. The van der Waals surface area contributed by atoms with E-state index in [1.807, 2.05) is 66.9 Å². The Bertz CT molecular complexity index is 2100. The summed E-state index contributed by atoms with van der Waals surface area (Å²) in [7, 11) is -7.42. The van der Waals surface area contributed by atoms with E-state index in [2.05, 4.69) is 4.98 Å². The summed E-state index contributed by atoms with van der Waals surface area (Å²) in [5, 5.41) is 1.26. The smallest absolute Gasteiger partial charge is 0.264 e. The highest BCUT2D eigenvalue weighted by Crippen LogP contribution is 2.37. The molecule has 1 aromatic heterocycles. The Labute approximate surface area is 279 Å². The van der Waals surface area contributed by atoms with Gasteiger partial charge in [0.05, 0.1) is 30.9 Å². The van der Waals surface area contributed by atoms with Crippen LogP contribution < -0.4 is 4.31 Å². The van der Waals surface area contributed by atoms with Gasteiger partial charge in [-0.3, -0.25) is 9.29 Å². The molecule has 45 heavy (non-hydrogen) atoms. The second-order valence-electron chi connectivity index (χ2n) is 11.2. The normalized spacial score (nSPS) is 12.4. The monoisotopic (exact) mass is 698 g/mol. The van der Waals surface area contributed by atoms with Crippen molar-refractivity contribution in [2.24, 2.45) is 0 Å². The zero-order valence-electron chi connectivity index (χ0n) is 25.2. The van der Waals surface area contributed by atoms with Crippen LogP contribution in [0.15, 0.2) is 107 Å². The van der Waals surface area contributed by atoms with E-state index in [1.54, 1.807) is 43.9 Å². The highest BCUT2D eigenvalue weighted by molar-refractivity contribution is 7.98. The lowest BCUT2D eigenvalue weighted by Gasteiger charge is -2.25. The van der Waals surface area contributed by atoms with Crippen LogP contribution in [0.25, 0.3) is 22.0 Å². The van der Waals surface area contributed by atoms with Crippen molar-refractivity contribution in [2.45, 2.75) is 34.8 Å². The van der Waals surface area contributed by atoms with E-state index in [-0.39, 0.29) is 21.5 Å². The summed E-state index contributed by atoms with van der Waals surface area (Å²) in [6, 6.07) is 27.0. The average molecular weight is 700 g/mol. The van der Waals surface area contributed by atoms with Gasteiger partial charge in [0.15, 0.2) is 9.84 Å². The Morgan fingerprint density at radius 2 is 1.58 bits per heavy atom. The molecule has 5 aromatic rings. The third-order valence-electron chi connectivity index (χ3n) is 8.01. The second-order valence-corrected chi connectivity index (χ2v) is 17.3. The molecule has 0 aliphatic rings. The highest BCUT2D eigenvalue weighted by Gasteiger charge is 2.33. The van der Waals surface area contributed by atoms with Crippen molar-refractivity contribution >= 4 is 71.4 Å². The van der Waals surface area contributed by atoms with Crippen LogP contribution in [0.3, 0.4) is 0 Å². The lowest BCUT2D eigenvalue weighted by Crippen LogP contribution is -2.33. The topological polar surface area (TPSA) is 84.4 Å². The van der Waals surface area contributed by atoms with Gasteiger partial charge in [0.2, 0.25) is 0 Å². The molecule has 0 saturated carbocycles. The number of aromatic nitrogens is 1. The van der Waals surface area contributed by atoms with Crippen LogP contribution in [0.2, 0.25) is 10.0 Å². The molecule has 0 aliphatic heterocycles. The van der Waals surface area contributed by atoms with Crippen LogP contribution in [0.4, 0.5) is 5.69 Å². The van der Waals surface area contributed by atoms with Crippen LogP contribution in [0.1, 0.15) is 25.0 Å². The summed E-state index contributed by atoms with van der Waals surface area (Å²) in [4.78, 5) is 5.68. The number of sulfone groups is 1. The van der Waals surface area contributed by atoms with Crippen molar-refractivity contribution < 1.29 is 16.8 Å². The number of hydrogen-bond acceptors (Lipinski definition) is 6. The Hall–Kier alpha value is -3.08.